The van der Waals surface area contributed by atoms with Crippen molar-refractivity contribution in [3.63, 3.8) is 0 Å². The fourth-order valence-corrected chi connectivity index (χ4v) is 1.73. The van der Waals surface area contributed by atoms with Gasteiger partial charge in [0.05, 0.1) is 5.56 Å². The molecule has 0 atom stereocenters. The second-order valence-corrected chi connectivity index (χ2v) is 4.23. The average Bonchev–Trinajstić information content (AvgIpc) is 2.36. The maximum Gasteiger partial charge on any atom is 0.416 e. The predicted molar refractivity (Wildman–Crippen MR) is 65.8 cm³/mol. The third kappa shape index (κ3) is 3.69. The summed E-state index contributed by atoms with van der Waals surface area (Å²) in [6.45, 7) is -0.211. The van der Waals surface area contributed by atoms with E-state index in [4.69, 9.17) is 10.5 Å². The molecule has 2 aromatic rings. The summed E-state index contributed by atoms with van der Waals surface area (Å²) in [6.07, 6.45) is -4.51. The van der Waals surface area contributed by atoms with E-state index in [0.717, 1.165) is 30.3 Å². The molecule has 21 heavy (non-hydrogen) atoms. The Morgan fingerprint density at radius 2 is 1.57 bits per heavy atom. The number of ether oxygens (including phenoxy) is 1. The molecule has 0 heterocycles. The molecule has 0 saturated heterocycles. The quantitative estimate of drug-likeness (QED) is 0.861. The first-order chi connectivity index (χ1) is 9.79. The lowest BCUT2D eigenvalue weighted by Crippen LogP contribution is -2.08. The summed E-state index contributed by atoms with van der Waals surface area (Å²) >= 11 is 0. The normalized spacial score (nSPS) is 11.5. The van der Waals surface area contributed by atoms with E-state index in [1.165, 1.54) is 0 Å². The van der Waals surface area contributed by atoms with E-state index in [-0.39, 0.29) is 23.6 Å². The van der Waals surface area contributed by atoms with Crippen LogP contribution in [0.15, 0.2) is 36.4 Å². The van der Waals surface area contributed by atoms with Crippen molar-refractivity contribution in [2.45, 2.75) is 12.7 Å². The Labute approximate surface area is 116 Å². The molecule has 2 N–H and O–H groups in total. The monoisotopic (exact) mass is 303 g/mol. The summed E-state index contributed by atoms with van der Waals surface area (Å²) in [5.41, 5.74) is 4.58. The third-order valence-corrected chi connectivity index (χ3v) is 2.67. The van der Waals surface area contributed by atoms with Crippen molar-refractivity contribution in [3.05, 3.63) is 59.2 Å². The van der Waals surface area contributed by atoms with Crippen molar-refractivity contribution in [2.75, 3.05) is 0 Å². The van der Waals surface area contributed by atoms with Crippen LogP contribution < -0.4 is 10.5 Å². The van der Waals surface area contributed by atoms with Gasteiger partial charge in [-0.15, -0.1) is 0 Å². The topological polar surface area (TPSA) is 35.2 Å². The zero-order chi connectivity index (χ0) is 15.6. The second kappa shape index (κ2) is 5.69. The van der Waals surface area contributed by atoms with Gasteiger partial charge in [-0.1, -0.05) is 0 Å². The van der Waals surface area contributed by atoms with E-state index < -0.39 is 23.4 Å². The lowest BCUT2D eigenvalue weighted by atomic mass is 10.1. The third-order valence-electron chi connectivity index (χ3n) is 2.67. The number of benzene rings is 2. The van der Waals surface area contributed by atoms with E-state index in [1.54, 1.807) is 0 Å². The highest BCUT2D eigenvalue weighted by molar-refractivity contribution is 5.41. The second-order valence-electron chi connectivity index (χ2n) is 4.23. The minimum absolute atomic E-state index is 0.00972. The highest BCUT2D eigenvalue weighted by atomic mass is 19.4. The molecule has 2 nitrogen and oxygen atoms in total. The molecule has 0 aliphatic heterocycles. The van der Waals surface area contributed by atoms with Crippen molar-refractivity contribution in [1.29, 1.82) is 0 Å². The van der Waals surface area contributed by atoms with Gasteiger partial charge in [0.15, 0.2) is 0 Å². The molecule has 112 valence electrons. The zero-order valence-corrected chi connectivity index (χ0v) is 10.5. The average molecular weight is 303 g/mol. The molecule has 0 amide bonds. The molecular weight excluding hydrogens is 293 g/mol. The van der Waals surface area contributed by atoms with Crippen LogP contribution in [0, 0.1) is 11.6 Å². The summed E-state index contributed by atoms with van der Waals surface area (Å²) < 4.78 is 69.0. The summed E-state index contributed by atoms with van der Waals surface area (Å²) in [7, 11) is 0. The number of alkyl halides is 3. The summed E-state index contributed by atoms with van der Waals surface area (Å²) in [6, 6.07) is 5.20. The van der Waals surface area contributed by atoms with Gasteiger partial charge in [-0.3, -0.25) is 0 Å². The maximum absolute atomic E-state index is 13.0. The minimum atomic E-state index is -4.51. The van der Waals surface area contributed by atoms with Crippen LogP contribution in [0.3, 0.4) is 0 Å². The molecule has 0 radical (unpaired) electrons. The van der Waals surface area contributed by atoms with Gasteiger partial charge in [0.1, 0.15) is 23.1 Å². The predicted octanol–water partition coefficient (Wildman–Crippen LogP) is 4.23. The molecule has 0 aliphatic rings. The van der Waals surface area contributed by atoms with E-state index in [9.17, 15) is 22.0 Å². The van der Waals surface area contributed by atoms with Gasteiger partial charge < -0.3 is 10.5 Å². The highest BCUT2D eigenvalue weighted by Gasteiger charge is 2.31. The minimum Gasteiger partial charge on any atom is -0.457 e. The number of hydrogen-bond donors (Lipinski definition) is 1. The number of hydrogen-bond acceptors (Lipinski definition) is 2. The Morgan fingerprint density at radius 3 is 2.10 bits per heavy atom. The molecule has 0 aliphatic carbocycles. The van der Waals surface area contributed by atoms with Gasteiger partial charge >= 0.3 is 6.18 Å². The molecule has 0 spiro atoms. The van der Waals surface area contributed by atoms with Crippen LogP contribution in [-0.4, -0.2) is 0 Å². The van der Waals surface area contributed by atoms with Crippen LogP contribution in [0.4, 0.5) is 22.0 Å². The van der Waals surface area contributed by atoms with Crippen LogP contribution in [0.2, 0.25) is 0 Å². The van der Waals surface area contributed by atoms with Crippen LogP contribution in [0.5, 0.6) is 11.5 Å². The lowest BCUT2D eigenvalue weighted by molar-refractivity contribution is -0.137. The van der Waals surface area contributed by atoms with Gasteiger partial charge in [0.25, 0.3) is 0 Å². The van der Waals surface area contributed by atoms with E-state index in [0.29, 0.717) is 6.07 Å². The van der Waals surface area contributed by atoms with Crippen LogP contribution in [-0.2, 0) is 12.7 Å². The lowest BCUT2D eigenvalue weighted by Gasteiger charge is -2.13. The smallest absolute Gasteiger partial charge is 0.416 e. The van der Waals surface area contributed by atoms with Crippen molar-refractivity contribution >= 4 is 0 Å². The molecule has 2 aromatic carbocycles. The zero-order valence-electron chi connectivity index (χ0n) is 10.5. The highest BCUT2D eigenvalue weighted by Crippen LogP contribution is 2.34. The Bertz CT molecular complexity index is 634. The maximum atomic E-state index is 13.0. The van der Waals surface area contributed by atoms with E-state index in [1.807, 2.05) is 0 Å². The number of halogens is 5. The molecule has 0 aromatic heterocycles. The first-order valence-electron chi connectivity index (χ1n) is 5.84. The molecule has 0 saturated carbocycles. The standard InChI is InChI=1S/C14H10F5NO/c15-10-4-11(16)6-12(5-10)21-13-2-1-9(14(17,18)19)3-8(13)7-20/h1-6H,7,20H2. The summed E-state index contributed by atoms with van der Waals surface area (Å²) in [5, 5.41) is 0. The van der Waals surface area contributed by atoms with Gasteiger partial charge in [0, 0.05) is 30.3 Å². The molecule has 0 fully saturated rings. The van der Waals surface area contributed by atoms with Crippen molar-refractivity contribution in [1.82, 2.24) is 0 Å². The van der Waals surface area contributed by atoms with Crippen LogP contribution in [0.1, 0.15) is 11.1 Å². The number of rotatable bonds is 3. The first-order valence-corrected chi connectivity index (χ1v) is 5.84. The van der Waals surface area contributed by atoms with Gasteiger partial charge in [0.2, 0.25) is 0 Å². The Hall–Kier alpha value is -2.15. The van der Waals surface area contributed by atoms with Gasteiger partial charge in [-0.25, -0.2) is 8.78 Å². The Morgan fingerprint density at radius 1 is 0.952 bits per heavy atom. The Balaban J connectivity index is 2.36. The van der Waals surface area contributed by atoms with E-state index in [2.05, 4.69) is 0 Å². The SMILES string of the molecule is NCc1cc(C(F)(F)F)ccc1Oc1cc(F)cc(F)c1. The Kier molecular flexibility index (Phi) is 4.13. The van der Waals surface area contributed by atoms with E-state index >= 15 is 0 Å². The summed E-state index contributed by atoms with van der Waals surface area (Å²) in [4.78, 5) is 0. The van der Waals surface area contributed by atoms with Crippen molar-refractivity contribution in [2.24, 2.45) is 5.73 Å². The first kappa shape index (κ1) is 15.2. The van der Waals surface area contributed by atoms with Crippen LogP contribution in [0.25, 0.3) is 0 Å². The van der Waals surface area contributed by atoms with Crippen LogP contribution >= 0.6 is 0 Å². The largest absolute Gasteiger partial charge is 0.457 e. The number of nitrogens with two attached hydrogens (primary N) is 1. The molecule has 2 rings (SSSR count). The molecule has 0 unspecified atom stereocenters. The van der Waals surface area contributed by atoms with Gasteiger partial charge in [-0.2, -0.15) is 13.2 Å². The fraction of sp³-hybridized carbons (Fsp3) is 0.143. The molecule has 0 bridgehead atoms. The fourth-order valence-electron chi connectivity index (χ4n) is 1.73. The van der Waals surface area contributed by atoms with Crippen molar-refractivity contribution < 1.29 is 26.7 Å². The van der Waals surface area contributed by atoms with Gasteiger partial charge in [-0.05, 0) is 18.2 Å². The molecular formula is C14H10F5NO. The summed E-state index contributed by atoms with van der Waals surface area (Å²) in [5.74, 6) is -1.87. The van der Waals surface area contributed by atoms with Crippen molar-refractivity contribution in [3.8, 4) is 11.5 Å². The molecule has 7 heteroatoms.